The molecule has 0 fully saturated rings. The highest BCUT2D eigenvalue weighted by molar-refractivity contribution is 6.32. The Balaban J connectivity index is 3.02. The molecule has 3 N–H and O–H groups in total. The molecule has 0 aliphatic rings. The van der Waals surface area contributed by atoms with Crippen molar-refractivity contribution in [3.8, 4) is 0 Å². The van der Waals surface area contributed by atoms with Gasteiger partial charge in [0, 0.05) is 18.7 Å². The summed E-state index contributed by atoms with van der Waals surface area (Å²) in [5.41, 5.74) is 6.13. The number of halogens is 1. The minimum atomic E-state index is -0.558. The number of nitrogens with zero attached hydrogens (tertiary/aromatic N) is 1. The maximum Gasteiger partial charge on any atom is 0.288 e. The SMILES string of the molecule is NC(CCO)c1ccc(Cl)c([N+](=O)[O-])c1. The van der Waals surface area contributed by atoms with Crippen molar-refractivity contribution < 1.29 is 10.0 Å². The third-order valence-corrected chi connectivity index (χ3v) is 2.35. The largest absolute Gasteiger partial charge is 0.396 e. The fraction of sp³-hybridized carbons (Fsp3) is 0.333. The number of nitro groups is 1. The zero-order valence-corrected chi connectivity index (χ0v) is 8.65. The predicted octanol–water partition coefficient (Wildman–Crippen LogP) is 1.63. The summed E-state index contributed by atoms with van der Waals surface area (Å²) in [6, 6.07) is 3.98. The van der Waals surface area contributed by atoms with Gasteiger partial charge in [0.2, 0.25) is 0 Å². The van der Waals surface area contributed by atoms with Crippen LogP contribution in [0.2, 0.25) is 5.02 Å². The van der Waals surface area contributed by atoms with E-state index in [2.05, 4.69) is 0 Å². The molecule has 0 aliphatic heterocycles. The molecular formula is C9H11ClN2O3. The molecule has 1 rings (SSSR count). The molecule has 6 heteroatoms. The lowest BCUT2D eigenvalue weighted by molar-refractivity contribution is -0.384. The van der Waals surface area contributed by atoms with Crippen molar-refractivity contribution in [1.82, 2.24) is 0 Å². The molecule has 82 valence electrons. The average Bonchev–Trinajstić information content (AvgIpc) is 2.18. The van der Waals surface area contributed by atoms with Crippen LogP contribution in [0.3, 0.4) is 0 Å². The summed E-state index contributed by atoms with van der Waals surface area (Å²) in [4.78, 5) is 10.0. The Bertz CT molecular complexity index is 370. The summed E-state index contributed by atoms with van der Waals surface area (Å²) in [5, 5.41) is 19.4. The molecule has 0 radical (unpaired) electrons. The van der Waals surface area contributed by atoms with Crippen molar-refractivity contribution >= 4 is 17.3 Å². The zero-order valence-electron chi connectivity index (χ0n) is 7.89. The number of hydrogen-bond acceptors (Lipinski definition) is 4. The minimum absolute atomic E-state index is 0.0579. The first-order valence-corrected chi connectivity index (χ1v) is 4.74. The molecule has 0 heterocycles. The molecule has 1 atom stereocenters. The third kappa shape index (κ3) is 2.89. The van der Waals surface area contributed by atoms with Crippen molar-refractivity contribution in [3.05, 3.63) is 38.9 Å². The van der Waals surface area contributed by atoms with E-state index in [1.165, 1.54) is 12.1 Å². The average molecular weight is 231 g/mol. The smallest absolute Gasteiger partial charge is 0.288 e. The predicted molar refractivity (Wildman–Crippen MR) is 56.7 cm³/mol. The summed E-state index contributed by atoms with van der Waals surface area (Å²) in [7, 11) is 0. The maximum atomic E-state index is 10.6. The number of nitrogens with two attached hydrogens (primary N) is 1. The Morgan fingerprint density at radius 1 is 1.60 bits per heavy atom. The van der Waals surface area contributed by atoms with Gasteiger partial charge in [-0.3, -0.25) is 10.1 Å². The van der Waals surface area contributed by atoms with Crippen LogP contribution in [0.1, 0.15) is 18.0 Å². The fourth-order valence-electron chi connectivity index (χ4n) is 1.21. The van der Waals surface area contributed by atoms with E-state index in [4.69, 9.17) is 22.4 Å². The van der Waals surface area contributed by atoms with Crippen LogP contribution in [0, 0.1) is 10.1 Å². The van der Waals surface area contributed by atoms with Gasteiger partial charge in [0.25, 0.3) is 5.69 Å². The number of rotatable bonds is 4. The first-order valence-electron chi connectivity index (χ1n) is 4.36. The molecule has 1 aromatic rings. The fourth-order valence-corrected chi connectivity index (χ4v) is 1.39. The zero-order chi connectivity index (χ0) is 11.4. The molecule has 0 saturated carbocycles. The van der Waals surface area contributed by atoms with E-state index in [9.17, 15) is 10.1 Å². The van der Waals surface area contributed by atoms with Crippen molar-refractivity contribution in [2.24, 2.45) is 5.73 Å². The second-order valence-electron chi connectivity index (χ2n) is 3.09. The van der Waals surface area contributed by atoms with Gasteiger partial charge in [0.1, 0.15) is 5.02 Å². The van der Waals surface area contributed by atoms with E-state index in [1.807, 2.05) is 0 Å². The summed E-state index contributed by atoms with van der Waals surface area (Å²) < 4.78 is 0. The summed E-state index contributed by atoms with van der Waals surface area (Å²) in [6.45, 7) is -0.0579. The van der Waals surface area contributed by atoms with Crippen LogP contribution in [-0.2, 0) is 0 Å². The molecule has 1 unspecified atom stereocenters. The van der Waals surface area contributed by atoms with Crippen molar-refractivity contribution in [1.29, 1.82) is 0 Å². The number of aliphatic hydroxyl groups is 1. The first-order chi connectivity index (χ1) is 7.06. The van der Waals surface area contributed by atoms with Gasteiger partial charge in [0.05, 0.1) is 4.92 Å². The molecule has 0 spiro atoms. The highest BCUT2D eigenvalue weighted by Gasteiger charge is 2.15. The monoisotopic (exact) mass is 230 g/mol. The molecule has 1 aromatic carbocycles. The van der Waals surface area contributed by atoms with E-state index < -0.39 is 11.0 Å². The molecule has 0 amide bonds. The molecule has 5 nitrogen and oxygen atoms in total. The molecule has 15 heavy (non-hydrogen) atoms. The summed E-state index contributed by atoms with van der Waals surface area (Å²) >= 11 is 5.64. The number of aliphatic hydroxyl groups excluding tert-OH is 1. The van der Waals surface area contributed by atoms with Crippen LogP contribution in [0.5, 0.6) is 0 Å². The van der Waals surface area contributed by atoms with Gasteiger partial charge >= 0.3 is 0 Å². The molecular weight excluding hydrogens is 220 g/mol. The lowest BCUT2D eigenvalue weighted by atomic mass is 10.0. The Morgan fingerprint density at radius 2 is 2.27 bits per heavy atom. The topological polar surface area (TPSA) is 89.4 Å². The van der Waals surface area contributed by atoms with Gasteiger partial charge < -0.3 is 10.8 Å². The number of benzene rings is 1. The van der Waals surface area contributed by atoms with Crippen molar-refractivity contribution in [2.45, 2.75) is 12.5 Å². The van der Waals surface area contributed by atoms with Gasteiger partial charge in [-0.05, 0) is 18.1 Å². The second-order valence-corrected chi connectivity index (χ2v) is 3.49. The Hall–Kier alpha value is -1.17. The Kier molecular flexibility index (Phi) is 4.02. The molecule has 0 aromatic heterocycles. The van der Waals surface area contributed by atoms with Crippen LogP contribution in [0.25, 0.3) is 0 Å². The minimum Gasteiger partial charge on any atom is -0.396 e. The Labute approximate surface area is 91.6 Å². The number of nitro benzene ring substituents is 1. The standard InChI is InChI=1S/C9H11ClN2O3/c10-7-2-1-6(8(11)3-4-13)5-9(7)12(14)15/h1-2,5,8,13H,3-4,11H2. The first kappa shape index (κ1) is 11.9. The highest BCUT2D eigenvalue weighted by atomic mass is 35.5. The molecule has 0 aliphatic carbocycles. The lowest BCUT2D eigenvalue weighted by Crippen LogP contribution is -2.12. The van der Waals surface area contributed by atoms with Gasteiger partial charge in [-0.15, -0.1) is 0 Å². The van der Waals surface area contributed by atoms with Gasteiger partial charge in [-0.2, -0.15) is 0 Å². The van der Waals surface area contributed by atoms with Crippen LogP contribution >= 0.6 is 11.6 Å². The molecule has 0 bridgehead atoms. The van der Waals surface area contributed by atoms with Crippen molar-refractivity contribution in [2.75, 3.05) is 6.61 Å². The van der Waals surface area contributed by atoms with Crippen LogP contribution in [-0.4, -0.2) is 16.6 Å². The summed E-state index contributed by atoms with van der Waals surface area (Å²) in [6.07, 6.45) is 0.360. The van der Waals surface area contributed by atoms with Gasteiger partial charge in [-0.1, -0.05) is 17.7 Å². The second kappa shape index (κ2) is 5.06. The quantitative estimate of drug-likeness (QED) is 0.608. The van der Waals surface area contributed by atoms with E-state index in [1.54, 1.807) is 6.07 Å². The summed E-state index contributed by atoms with van der Waals surface area (Å²) in [5.74, 6) is 0. The van der Waals surface area contributed by atoms with E-state index in [0.29, 0.717) is 12.0 Å². The maximum absolute atomic E-state index is 10.6. The van der Waals surface area contributed by atoms with Crippen molar-refractivity contribution in [3.63, 3.8) is 0 Å². The van der Waals surface area contributed by atoms with Crippen LogP contribution < -0.4 is 5.73 Å². The third-order valence-electron chi connectivity index (χ3n) is 2.04. The van der Waals surface area contributed by atoms with Crippen LogP contribution in [0.15, 0.2) is 18.2 Å². The van der Waals surface area contributed by atoms with E-state index in [-0.39, 0.29) is 17.3 Å². The molecule has 0 saturated heterocycles. The lowest BCUT2D eigenvalue weighted by Gasteiger charge is -2.09. The highest BCUT2D eigenvalue weighted by Crippen LogP contribution is 2.27. The van der Waals surface area contributed by atoms with Crippen LogP contribution in [0.4, 0.5) is 5.69 Å². The van der Waals surface area contributed by atoms with Gasteiger partial charge in [0.15, 0.2) is 0 Å². The normalized spacial score (nSPS) is 12.5. The van der Waals surface area contributed by atoms with E-state index >= 15 is 0 Å². The Morgan fingerprint density at radius 3 is 2.80 bits per heavy atom. The van der Waals surface area contributed by atoms with Gasteiger partial charge in [-0.25, -0.2) is 0 Å². The van der Waals surface area contributed by atoms with E-state index in [0.717, 1.165) is 0 Å². The number of hydrogen-bond donors (Lipinski definition) is 2.